The van der Waals surface area contributed by atoms with E-state index < -0.39 is 23.8 Å². The Kier molecular flexibility index (Phi) is 12.5. The monoisotopic (exact) mass is 385 g/mol. The number of hydrogen-bond acceptors (Lipinski definition) is 8. The molecule has 146 valence electrons. The average Bonchev–Trinajstić information content (AvgIpc) is 2.61. The first-order valence-corrected chi connectivity index (χ1v) is 12.0. The van der Waals surface area contributed by atoms with Gasteiger partial charge in [0.2, 0.25) is 0 Å². The molecule has 8 nitrogen and oxygen atoms in total. The first-order valence-electron chi connectivity index (χ1n) is 8.11. The fourth-order valence-corrected chi connectivity index (χ4v) is 6.00. The zero-order valence-electron chi connectivity index (χ0n) is 16.2. The van der Waals surface area contributed by atoms with E-state index in [1.807, 2.05) is 4.90 Å². The van der Waals surface area contributed by atoms with Gasteiger partial charge in [0.25, 0.3) is 0 Å². The zero-order chi connectivity index (χ0) is 18.6. The molecule has 0 radical (unpaired) electrons. The highest BCUT2D eigenvalue weighted by atomic mass is 28.4. The number of aliphatic hydroxyl groups is 1. The maximum absolute atomic E-state index is 9.98. The highest BCUT2D eigenvalue weighted by molar-refractivity contribution is 6.60. The first kappa shape index (κ1) is 24.1. The van der Waals surface area contributed by atoms with Crippen LogP contribution in [0.5, 0.6) is 0 Å². The van der Waals surface area contributed by atoms with Crippen LogP contribution >= 0.6 is 0 Å². The van der Waals surface area contributed by atoms with Crippen molar-refractivity contribution in [2.24, 2.45) is 0 Å². The summed E-state index contributed by atoms with van der Waals surface area (Å²) < 4.78 is 32.5. The summed E-state index contributed by atoms with van der Waals surface area (Å²) in [5.41, 5.74) is 0. The van der Waals surface area contributed by atoms with Crippen molar-refractivity contribution in [3.8, 4) is 0 Å². The van der Waals surface area contributed by atoms with Crippen molar-refractivity contribution in [3.63, 3.8) is 0 Å². The van der Waals surface area contributed by atoms with Crippen molar-refractivity contribution in [1.29, 1.82) is 0 Å². The molecular weight excluding hydrogens is 350 g/mol. The Hall–Kier alpha value is 0.114. The van der Waals surface area contributed by atoms with Gasteiger partial charge in [0.05, 0.1) is 0 Å². The predicted octanol–water partition coefficient (Wildman–Crippen LogP) is 1.16. The van der Waals surface area contributed by atoms with Crippen molar-refractivity contribution in [1.82, 2.24) is 4.90 Å². The Bertz CT molecular complexity index is 273. The lowest BCUT2D eigenvalue weighted by Gasteiger charge is -2.29. The molecule has 0 aromatic carbocycles. The second-order valence-corrected chi connectivity index (χ2v) is 11.6. The summed E-state index contributed by atoms with van der Waals surface area (Å²) in [6, 6.07) is 1.40. The second kappa shape index (κ2) is 12.5. The van der Waals surface area contributed by atoms with Gasteiger partial charge < -0.3 is 31.7 Å². The molecule has 0 aliphatic carbocycles. The van der Waals surface area contributed by atoms with Crippen molar-refractivity contribution >= 4 is 17.6 Å². The van der Waals surface area contributed by atoms with E-state index in [2.05, 4.69) is 0 Å². The molecule has 0 saturated carbocycles. The van der Waals surface area contributed by atoms with Crippen LogP contribution in [0.25, 0.3) is 0 Å². The third kappa shape index (κ3) is 7.56. The van der Waals surface area contributed by atoms with Crippen LogP contribution in [-0.4, -0.2) is 89.6 Å². The molecule has 0 aliphatic heterocycles. The van der Waals surface area contributed by atoms with E-state index in [1.165, 1.54) is 0 Å². The van der Waals surface area contributed by atoms with Gasteiger partial charge in [-0.25, -0.2) is 0 Å². The number of hydrogen-bond donors (Lipinski definition) is 1. The molecule has 0 fully saturated rings. The normalized spacial score (nSPS) is 14.4. The molecule has 24 heavy (non-hydrogen) atoms. The summed E-state index contributed by atoms with van der Waals surface area (Å²) in [7, 11) is 4.53. The van der Waals surface area contributed by atoms with Crippen LogP contribution in [0.15, 0.2) is 0 Å². The summed E-state index contributed by atoms with van der Waals surface area (Å²) in [5.74, 6) is 0. The van der Waals surface area contributed by atoms with Crippen LogP contribution < -0.4 is 0 Å². The molecule has 0 saturated heterocycles. The maximum Gasteiger partial charge on any atom is 0.500 e. The van der Waals surface area contributed by atoms with Crippen LogP contribution in [0.1, 0.15) is 19.8 Å². The van der Waals surface area contributed by atoms with E-state index in [0.29, 0.717) is 12.1 Å². The summed E-state index contributed by atoms with van der Waals surface area (Å²) >= 11 is 0. The summed E-state index contributed by atoms with van der Waals surface area (Å²) in [6.45, 7) is 3.22. The molecule has 0 bridgehead atoms. The summed E-state index contributed by atoms with van der Waals surface area (Å²) in [4.78, 5) is 2.00. The molecule has 0 aromatic rings. The Morgan fingerprint density at radius 3 is 1.21 bits per heavy atom. The molecule has 0 amide bonds. The van der Waals surface area contributed by atoms with E-state index >= 15 is 0 Å². The molecule has 0 spiro atoms. The van der Waals surface area contributed by atoms with E-state index in [-0.39, 0.29) is 0 Å². The highest BCUT2D eigenvalue weighted by Crippen LogP contribution is 2.18. The van der Waals surface area contributed by atoms with Gasteiger partial charge in [-0.15, -0.1) is 0 Å². The summed E-state index contributed by atoms with van der Waals surface area (Å²) in [6.07, 6.45) is 1.10. The molecule has 0 rings (SSSR count). The van der Waals surface area contributed by atoms with Gasteiger partial charge in [-0.2, -0.15) is 0 Å². The fourth-order valence-electron chi connectivity index (χ4n) is 2.60. The third-order valence-electron chi connectivity index (χ3n) is 4.25. The zero-order valence-corrected chi connectivity index (χ0v) is 18.2. The van der Waals surface area contributed by atoms with Gasteiger partial charge in [-0.05, 0) is 19.8 Å². The molecule has 10 heteroatoms. The molecular formula is C14H35NO7Si2. The Morgan fingerprint density at radius 1 is 0.708 bits per heavy atom. The van der Waals surface area contributed by atoms with Crippen molar-refractivity contribution in [2.75, 3.05) is 55.7 Å². The Morgan fingerprint density at radius 2 is 1.00 bits per heavy atom. The Balaban J connectivity index is 4.42. The molecule has 1 unspecified atom stereocenters. The van der Waals surface area contributed by atoms with Gasteiger partial charge in [0, 0.05) is 67.8 Å². The lowest BCUT2D eigenvalue weighted by Crippen LogP contribution is -2.45. The fraction of sp³-hybridized carbons (Fsp3) is 1.00. The quantitative estimate of drug-likeness (QED) is 0.332. The molecule has 0 heterocycles. The number of aliphatic hydroxyl groups excluding tert-OH is 1. The van der Waals surface area contributed by atoms with Gasteiger partial charge >= 0.3 is 17.6 Å². The van der Waals surface area contributed by atoms with Crippen LogP contribution in [0.2, 0.25) is 12.1 Å². The largest absolute Gasteiger partial charge is 0.500 e. The smallest absolute Gasteiger partial charge is 0.379 e. The third-order valence-corrected chi connectivity index (χ3v) is 9.91. The second-order valence-electron chi connectivity index (χ2n) is 5.47. The highest BCUT2D eigenvalue weighted by Gasteiger charge is 2.38. The van der Waals surface area contributed by atoms with Crippen molar-refractivity contribution in [3.05, 3.63) is 0 Å². The maximum atomic E-state index is 9.98. The van der Waals surface area contributed by atoms with E-state index in [9.17, 15) is 5.11 Å². The topological polar surface area (TPSA) is 78.9 Å². The molecule has 0 aliphatic rings. The average molecular weight is 386 g/mol. The van der Waals surface area contributed by atoms with Gasteiger partial charge in [0.15, 0.2) is 0 Å². The minimum Gasteiger partial charge on any atom is -0.379 e. The van der Waals surface area contributed by atoms with Gasteiger partial charge in [-0.3, -0.25) is 4.90 Å². The molecule has 1 N–H and O–H groups in total. The van der Waals surface area contributed by atoms with Crippen molar-refractivity contribution in [2.45, 2.75) is 38.1 Å². The Labute approximate surface area is 148 Å². The van der Waals surface area contributed by atoms with Crippen molar-refractivity contribution < 1.29 is 31.7 Å². The molecule has 0 aromatic heterocycles. The van der Waals surface area contributed by atoms with Crippen LogP contribution in [0.4, 0.5) is 0 Å². The van der Waals surface area contributed by atoms with E-state index in [0.717, 1.165) is 25.9 Å². The lowest BCUT2D eigenvalue weighted by molar-refractivity contribution is 0.0163. The van der Waals surface area contributed by atoms with Crippen LogP contribution in [-0.2, 0) is 26.6 Å². The summed E-state index contributed by atoms with van der Waals surface area (Å²) in [5, 5.41) is 9.98. The lowest BCUT2D eigenvalue weighted by atomic mass is 10.3. The van der Waals surface area contributed by atoms with Crippen LogP contribution in [0.3, 0.4) is 0 Å². The first-order chi connectivity index (χ1) is 11.4. The van der Waals surface area contributed by atoms with Gasteiger partial charge in [-0.1, -0.05) is 0 Å². The SMILES string of the molecule is CO[Si](CCCN(CCC[Si](OC)(OC)OC)C(C)O)(OC)OC. The predicted molar refractivity (Wildman–Crippen MR) is 95.7 cm³/mol. The standard InChI is InChI=1S/C14H35NO7Si2/c1-14(16)15(10-8-12-23(17-2,18-3)19-4)11-9-13-24(20-5,21-6)22-7/h14,16H,8-13H2,1-7H3. The number of rotatable bonds is 15. The number of nitrogens with zero attached hydrogens (tertiary/aromatic N) is 1. The van der Waals surface area contributed by atoms with E-state index in [4.69, 9.17) is 26.6 Å². The van der Waals surface area contributed by atoms with E-state index in [1.54, 1.807) is 49.6 Å². The minimum atomic E-state index is -2.56. The van der Waals surface area contributed by atoms with Gasteiger partial charge in [0.1, 0.15) is 6.23 Å². The minimum absolute atomic E-state index is 0.530. The molecule has 1 atom stereocenters. The van der Waals surface area contributed by atoms with Crippen LogP contribution in [0, 0.1) is 0 Å².